The van der Waals surface area contributed by atoms with Crippen LogP contribution in [0.25, 0.3) is 34.3 Å². The molecule has 2 N–H and O–H groups in total. The Balaban J connectivity index is 1.69. The van der Waals surface area contributed by atoms with Crippen molar-refractivity contribution in [3.63, 3.8) is 0 Å². The highest BCUT2D eigenvalue weighted by Crippen LogP contribution is 2.32. The van der Waals surface area contributed by atoms with E-state index in [2.05, 4.69) is 17.1 Å². The van der Waals surface area contributed by atoms with Crippen molar-refractivity contribution < 1.29 is 5.11 Å². The molecule has 3 nitrogen and oxygen atoms in total. The van der Waals surface area contributed by atoms with Gasteiger partial charge in [0.2, 0.25) is 0 Å². The van der Waals surface area contributed by atoms with E-state index in [4.69, 9.17) is 16.6 Å². The van der Waals surface area contributed by atoms with Gasteiger partial charge in [-0.25, -0.2) is 4.98 Å². The van der Waals surface area contributed by atoms with Gasteiger partial charge < -0.3 is 10.1 Å². The first-order valence-corrected chi connectivity index (χ1v) is 9.54. The Morgan fingerprint density at radius 3 is 2.46 bits per heavy atom. The van der Waals surface area contributed by atoms with Crippen LogP contribution in [0.3, 0.4) is 0 Å². The third kappa shape index (κ3) is 3.86. The Labute approximate surface area is 169 Å². The average Bonchev–Trinajstić information content (AvgIpc) is 3.09. The summed E-state index contributed by atoms with van der Waals surface area (Å²) in [4.78, 5) is 8.02. The molecule has 0 bridgehead atoms. The number of hydrogen-bond donors (Lipinski definition) is 2. The zero-order valence-corrected chi connectivity index (χ0v) is 16.5. The minimum atomic E-state index is -0.913. The van der Waals surface area contributed by atoms with Crippen LogP contribution in [0.1, 0.15) is 30.8 Å². The Bertz CT molecular complexity index is 1150. The van der Waals surface area contributed by atoms with E-state index in [0.717, 1.165) is 44.1 Å². The van der Waals surface area contributed by atoms with Gasteiger partial charge in [0.1, 0.15) is 5.82 Å². The Hall–Kier alpha value is -2.88. The van der Waals surface area contributed by atoms with E-state index in [9.17, 15) is 5.11 Å². The normalized spacial score (nSPS) is 12.1. The molecule has 0 aliphatic rings. The number of hydrogen-bond acceptors (Lipinski definition) is 2. The van der Waals surface area contributed by atoms with E-state index in [0.29, 0.717) is 0 Å². The molecule has 28 heavy (non-hydrogen) atoms. The van der Waals surface area contributed by atoms with Crippen LogP contribution in [-0.2, 0) is 5.60 Å². The maximum absolute atomic E-state index is 10.5. The SMILES string of the molecule is CC(C)(O)c1ccccc1-c1ccc2[nH]c(C=Cc3ccc(Cl)cc3)nc2c1. The molecule has 4 heteroatoms. The van der Waals surface area contributed by atoms with Gasteiger partial charge in [-0.05, 0) is 66.4 Å². The Morgan fingerprint density at radius 1 is 0.964 bits per heavy atom. The molecule has 0 aliphatic heterocycles. The lowest BCUT2D eigenvalue weighted by molar-refractivity contribution is 0.0792. The number of rotatable bonds is 4. The maximum atomic E-state index is 10.5. The van der Waals surface area contributed by atoms with Crippen molar-refractivity contribution in [1.82, 2.24) is 9.97 Å². The van der Waals surface area contributed by atoms with Crippen molar-refractivity contribution in [1.29, 1.82) is 0 Å². The van der Waals surface area contributed by atoms with Crippen molar-refractivity contribution in [2.75, 3.05) is 0 Å². The molecule has 4 aromatic rings. The summed E-state index contributed by atoms with van der Waals surface area (Å²) in [5.74, 6) is 0.790. The smallest absolute Gasteiger partial charge is 0.131 e. The zero-order valence-electron chi connectivity index (χ0n) is 15.8. The van der Waals surface area contributed by atoms with Crippen molar-refractivity contribution in [2.45, 2.75) is 19.4 Å². The van der Waals surface area contributed by atoms with Gasteiger partial charge in [-0.1, -0.05) is 60.1 Å². The van der Waals surface area contributed by atoms with E-state index >= 15 is 0 Å². The first kappa shape index (κ1) is 18.5. The van der Waals surface area contributed by atoms with E-state index in [-0.39, 0.29) is 0 Å². The number of imidazole rings is 1. The standard InChI is InChI=1S/C24H21ClN2O/c1-24(2,28)20-6-4-3-5-19(20)17-10-13-21-22(15-17)27-23(26-21)14-9-16-7-11-18(25)12-8-16/h3-15,28H,1-2H3,(H,26,27). The molecular weight excluding hydrogens is 368 g/mol. The lowest BCUT2D eigenvalue weighted by Crippen LogP contribution is -2.16. The molecule has 0 fully saturated rings. The minimum absolute atomic E-state index is 0.722. The number of H-pyrrole nitrogens is 1. The number of nitrogens with zero attached hydrogens (tertiary/aromatic N) is 1. The molecule has 0 aliphatic carbocycles. The summed E-state index contributed by atoms with van der Waals surface area (Å²) in [5, 5.41) is 11.2. The van der Waals surface area contributed by atoms with E-state index in [1.54, 1.807) is 13.8 Å². The second-order valence-corrected chi connectivity index (χ2v) is 7.78. The summed E-state index contributed by atoms with van der Waals surface area (Å²) in [6.45, 7) is 3.61. The lowest BCUT2D eigenvalue weighted by Gasteiger charge is -2.21. The molecule has 0 atom stereocenters. The third-order valence-corrected chi connectivity index (χ3v) is 4.95. The van der Waals surface area contributed by atoms with Gasteiger partial charge in [0.25, 0.3) is 0 Å². The quantitative estimate of drug-likeness (QED) is 0.432. The summed E-state index contributed by atoms with van der Waals surface area (Å²) in [6, 6.07) is 21.7. The topological polar surface area (TPSA) is 48.9 Å². The van der Waals surface area contributed by atoms with E-state index in [1.807, 2.05) is 66.7 Å². The highest BCUT2D eigenvalue weighted by molar-refractivity contribution is 6.30. The van der Waals surface area contributed by atoms with Crippen LogP contribution in [0.2, 0.25) is 5.02 Å². The number of aliphatic hydroxyl groups is 1. The number of halogens is 1. The second-order valence-electron chi connectivity index (χ2n) is 7.34. The van der Waals surface area contributed by atoms with Gasteiger partial charge >= 0.3 is 0 Å². The fourth-order valence-corrected chi connectivity index (χ4v) is 3.42. The van der Waals surface area contributed by atoms with Gasteiger partial charge in [0.05, 0.1) is 16.6 Å². The zero-order chi connectivity index (χ0) is 19.7. The molecule has 0 radical (unpaired) electrons. The maximum Gasteiger partial charge on any atom is 0.131 e. The van der Waals surface area contributed by atoms with Gasteiger partial charge in [0, 0.05) is 5.02 Å². The van der Waals surface area contributed by atoms with Crippen LogP contribution in [0.4, 0.5) is 0 Å². The molecule has 4 rings (SSSR count). The predicted octanol–water partition coefficient (Wildman–Crippen LogP) is 6.28. The fourth-order valence-electron chi connectivity index (χ4n) is 3.29. The second kappa shape index (κ2) is 7.27. The van der Waals surface area contributed by atoms with Gasteiger partial charge in [-0.3, -0.25) is 0 Å². The third-order valence-electron chi connectivity index (χ3n) is 4.70. The predicted molar refractivity (Wildman–Crippen MR) is 117 cm³/mol. The Morgan fingerprint density at radius 2 is 1.71 bits per heavy atom. The molecule has 0 amide bonds. The molecular formula is C24H21ClN2O. The van der Waals surface area contributed by atoms with E-state index in [1.165, 1.54) is 0 Å². The average molecular weight is 389 g/mol. The highest BCUT2D eigenvalue weighted by atomic mass is 35.5. The van der Waals surface area contributed by atoms with Gasteiger partial charge in [-0.15, -0.1) is 0 Å². The Kier molecular flexibility index (Phi) is 4.80. The highest BCUT2D eigenvalue weighted by Gasteiger charge is 2.20. The summed E-state index contributed by atoms with van der Waals surface area (Å²) < 4.78 is 0. The molecule has 3 aromatic carbocycles. The van der Waals surface area contributed by atoms with Crippen LogP contribution in [0, 0.1) is 0 Å². The van der Waals surface area contributed by atoms with Crippen LogP contribution < -0.4 is 0 Å². The summed E-state index contributed by atoms with van der Waals surface area (Å²) in [5.41, 5.74) is 4.95. The van der Waals surface area contributed by atoms with Gasteiger partial charge in [0.15, 0.2) is 0 Å². The molecule has 1 heterocycles. The molecule has 0 unspecified atom stereocenters. The first-order valence-electron chi connectivity index (χ1n) is 9.16. The minimum Gasteiger partial charge on any atom is -0.386 e. The molecule has 140 valence electrons. The molecule has 1 aromatic heterocycles. The molecule has 0 saturated carbocycles. The number of aromatic amines is 1. The summed E-state index contributed by atoms with van der Waals surface area (Å²) >= 11 is 5.93. The van der Waals surface area contributed by atoms with Crippen LogP contribution in [0.15, 0.2) is 66.7 Å². The van der Waals surface area contributed by atoms with Crippen LogP contribution in [-0.4, -0.2) is 15.1 Å². The van der Waals surface area contributed by atoms with Crippen LogP contribution >= 0.6 is 11.6 Å². The van der Waals surface area contributed by atoms with Gasteiger partial charge in [-0.2, -0.15) is 0 Å². The molecule has 0 spiro atoms. The van der Waals surface area contributed by atoms with E-state index < -0.39 is 5.60 Å². The first-order chi connectivity index (χ1) is 13.4. The number of benzene rings is 3. The number of fused-ring (bicyclic) bond motifs is 1. The fraction of sp³-hybridized carbons (Fsp3) is 0.125. The lowest BCUT2D eigenvalue weighted by atomic mass is 9.89. The summed E-state index contributed by atoms with van der Waals surface area (Å²) in [6.07, 6.45) is 3.95. The van der Waals surface area contributed by atoms with Crippen molar-refractivity contribution in [2.24, 2.45) is 0 Å². The summed E-state index contributed by atoms with van der Waals surface area (Å²) in [7, 11) is 0. The largest absolute Gasteiger partial charge is 0.386 e. The number of aromatic nitrogens is 2. The van der Waals surface area contributed by atoms with Crippen LogP contribution in [0.5, 0.6) is 0 Å². The molecule has 0 saturated heterocycles. The van der Waals surface area contributed by atoms with Crippen molar-refractivity contribution in [3.8, 4) is 11.1 Å². The van der Waals surface area contributed by atoms with Crippen molar-refractivity contribution >= 4 is 34.8 Å². The van der Waals surface area contributed by atoms with Crippen molar-refractivity contribution in [3.05, 3.63) is 88.7 Å². The number of nitrogens with one attached hydrogen (secondary N) is 1. The monoisotopic (exact) mass is 388 g/mol.